The fourth-order valence-electron chi connectivity index (χ4n) is 7.72. The van der Waals surface area contributed by atoms with Crippen LogP contribution in [0.15, 0.2) is 0 Å². The molecule has 1 amide bonds. The first kappa shape index (κ1) is 50.4. The normalized spacial score (nSPS) is 12.8. The molecule has 0 aliphatic rings. The number of amides is 1. The Morgan fingerprint density at radius 1 is 0.392 bits per heavy atom. The van der Waals surface area contributed by atoms with Crippen molar-refractivity contribution in [2.24, 2.45) is 0 Å². The van der Waals surface area contributed by atoms with E-state index in [9.17, 15) is 15.0 Å². The second-order valence-corrected chi connectivity index (χ2v) is 16.5. The largest absolute Gasteiger partial charge is 0.394 e. The summed E-state index contributed by atoms with van der Waals surface area (Å²) in [6.45, 7) is 4.38. The van der Waals surface area contributed by atoms with Crippen molar-refractivity contribution in [3.63, 3.8) is 0 Å². The third-order valence-electron chi connectivity index (χ3n) is 11.4. The van der Waals surface area contributed by atoms with Crippen LogP contribution in [0.5, 0.6) is 0 Å². The van der Waals surface area contributed by atoms with Crippen molar-refractivity contribution in [3.05, 3.63) is 0 Å². The maximum Gasteiger partial charge on any atom is 0.220 e. The lowest BCUT2D eigenvalue weighted by Crippen LogP contribution is -2.45. The molecule has 3 N–H and O–H groups in total. The quantitative estimate of drug-likeness (QED) is 0.0549. The van der Waals surface area contributed by atoms with Crippen LogP contribution in [0, 0.1) is 0 Å². The van der Waals surface area contributed by atoms with E-state index in [4.69, 9.17) is 0 Å². The first-order valence-corrected chi connectivity index (χ1v) is 23.7. The van der Waals surface area contributed by atoms with E-state index < -0.39 is 12.1 Å². The van der Waals surface area contributed by atoms with Gasteiger partial charge < -0.3 is 15.5 Å². The molecule has 306 valence electrons. The molecule has 0 aliphatic carbocycles. The lowest BCUT2D eigenvalue weighted by Gasteiger charge is -2.22. The van der Waals surface area contributed by atoms with Crippen LogP contribution < -0.4 is 5.32 Å². The molecule has 0 rings (SSSR count). The summed E-state index contributed by atoms with van der Waals surface area (Å²) >= 11 is 0. The van der Waals surface area contributed by atoms with Gasteiger partial charge in [-0.3, -0.25) is 4.79 Å². The van der Waals surface area contributed by atoms with Crippen LogP contribution in [0.25, 0.3) is 0 Å². The molecule has 0 spiro atoms. The molecule has 0 aromatic carbocycles. The second-order valence-electron chi connectivity index (χ2n) is 16.5. The van der Waals surface area contributed by atoms with E-state index in [-0.39, 0.29) is 12.5 Å². The highest BCUT2D eigenvalue weighted by atomic mass is 16.3. The fraction of sp³-hybridized carbons (Fsp3) is 0.979. The maximum absolute atomic E-state index is 12.4. The summed E-state index contributed by atoms with van der Waals surface area (Å²) in [5, 5.41) is 23.2. The standard InChI is InChI=1S/C47H95NO3/c1-3-5-7-9-11-13-15-17-18-19-20-21-22-23-24-25-26-27-28-29-30-31-32-34-36-38-40-42-46(50)45(44-49)48-47(51)43-41-39-37-35-33-16-14-12-10-8-6-4-2/h45-46,49-50H,3-44H2,1-2H3,(H,48,51). The van der Waals surface area contributed by atoms with E-state index in [0.717, 1.165) is 25.7 Å². The molecule has 4 heteroatoms. The van der Waals surface area contributed by atoms with E-state index in [2.05, 4.69) is 19.2 Å². The summed E-state index contributed by atoms with van der Waals surface area (Å²) in [6, 6.07) is -0.529. The summed E-state index contributed by atoms with van der Waals surface area (Å²) in [5.74, 6) is -0.0274. The molecular weight excluding hydrogens is 627 g/mol. The number of rotatable bonds is 44. The summed E-state index contributed by atoms with van der Waals surface area (Å²) < 4.78 is 0. The number of unbranched alkanes of at least 4 members (excludes halogenated alkanes) is 37. The van der Waals surface area contributed by atoms with Crippen LogP contribution >= 0.6 is 0 Å². The topological polar surface area (TPSA) is 69.6 Å². The fourth-order valence-corrected chi connectivity index (χ4v) is 7.72. The Balaban J connectivity index is 3.39. The molecule has 0 saturated carbocycles. The van der Waals surface area contributed by atoms with Gasteiger partial charge in [0.1, 0.15) is 0 Å². The van der Waals surface area contributed by atoms with Gasteiger partial charge in [0.05, 0.1) is 18.8 Å². The van der Waals surface area contributed by atoms with E-state index in [1.54, 1.807) is 0 Å². The third-order valence-corrected chi connectivity index (χ3v) is 11.4. The molecule has 0 bridgehead atoms. The Morgan fingerprint density at radius 3 is 0.882 bits per heavy atom. The van der Waals surface area contributed by atoms with Crippen molar-refractivity contribution < 1.29 is 15.0 Å². The van der Waals surface area contributed by atoms with E-state index >= 15 is 0 Å². The van der Waals surface area contributed by atoms with Crippen LogP contribution in [0.1, 0.15) is 277 Å². The van der Waals surface area contributed by atoms with Crippen molar-refractivity contribution in [1.29, 1.82) is 0 Å². The lowest BCUT2D eigenvalue weighted by atomic mass is 10.0. The molecule has 0 radical (unpaired) electrons. The highest BCUT2D eigenvalue weighted by molar-refractivity contribution is 5.76. The van der Waals surface area contributed by atoms with Gasteiger partial charge in [0.25, 0.3) is 0 Å². The van der Waals surface area contributed by atoms with Gasteiger partial charge in [0, 0.05) is 6.42 Å². The summed E-state index contributed by atoms with van der Waals surface area (Å²) in [5.41, 5.74) is 0. The van der Waals surface area contributed by atoms with Gasteiger partial charge in [0.15, 0.2) is 0 Å². The van der Waals surface area contributed by atoms with E-state index in [0.29, 0.717) is 12.8 Å². The molecular formula is C47H95NO3. The van der Waals surface area contributed by atoms with Gasteiger partial charge in [-0.15, -0.1) is 0 Å². The van der Waals surface area contributed by atoms with Crippen molar-refractivity contribution in [1.82, 2.24) is 5.32 Å². The van der Waals surface area contributed by atoms with Gasteiger partial charge in [-0.05, 0) is 12.8 Å². The van der Waals surface area contributed by atoms with Crippen molar-refractivity contribution in [2.45, 2.75) is 289 Å². The summed E-state index contributed by atoms with van der Waals surface area (Å²) in [4.78, 5) is 12.4. The number of hydrogen-bond acceptors (Lipinski definition) is 3. The summed E-state index contributed by atoms with van der Waals surface area (Å²) in [7, 11) is 0. The molecule has 0 heterocycles. The Bertz CT molecular complexity index is 655. The SMILES string of the molecule is CCCCCCCCCCCCCCCCCCCCCCCCCCCCCC(O)C(CO)NC(=O)CCCCCCCCCCCCCC. The first-order chi connectivity index (χ1) is 25.2. The minimum Gasteiger partial charge on any atom is -0.394 e. The van der Waals surface area contributed by atoms with Crippen LogP contribution in [0.4, 0.5) is 0 Å². The lowest BCUT2D eigenvalue weighted by molar-refractivity contribution is -0.123. The molecule has 0 aliphatic heterocycles. The van der Waals surface area contributed by atoms with Gasteiger partial charge in [-0.2, -0.15) is 0 Å². The Kier molecular flexibility index (Phi) is 43.3. The molecule has 2 atom stereocenters. The predicted molar refractivity (Wildman–Crippen MR) is 226 cm³/mol. The van der Waals surface area contributed by atoms with Crippen molar-refractivity contribution in [2.75, 3.05) is 6.61 Å². The van der Waals surface area contributed by atoms with Crippen molar-refractivity contribution >= 4 is 5.91 Å². The third kappa shape index (κ3) is 40.4. The van der Waals surface area contributed by atoms with Crippen LogP contribution in [-0.2, 0) is 4.79 Å². The number of aliphatic hydroxyl groups is 2. The summed E-state index contributed by atoms with van der Waals surface area (Å²) in [6.07, 6.45) is 53.5. The minimum absolute atomic E-state index is 0.0274. The van der Waals surface area contributed by atoms with Gasteiger partial charge in [0.2, 0.25) is 5.91 Å². The van der Waals surface area contributed by atoms with Crippen LogP contribution in [0.2, 0.25) is 0 Å². The molecule has 4 nitrogen and oxygen atoms in total. The first-order valence-electron chi connectivity index (χ1n) is 23.7. The number of carbonyl (C=O) groups excluding carboxylic acids is 1. The Morgan fingerprint density at radius 2 is 0.627 bits per heavy atom. The minimum atomic E-state index is -0.653. The van der Waals surface area contributed by atoms with Gasteiger partial charge in [-0.1, -0.05) is 258 Å². The van der Waals surface area contributed by atoms with Crippen molar-refractivity contribution in [3.8, 4) is 0 Å². The number of hydrogen-bond donors (Lipinski definition) is 3. The molecule has 0 aromatic heterocycles. The molecule has 0 saturated heterocycles. The average molecular weight is 722 g/mol. The van der Waals surface area contributed by atoms with Crippen LogP contribution in [0.3, 0.4) is 0 Å². The second kappa shape index (κ2) is 43.8. The number of aliphatic hydroxyl groups excluding tert-OH is 2. The number of carbonyl (C=O) groups is 1. The Labute approximate surface area is 321 Å². The predicted octanol–water partition coefficient (Wildman–Crippen LogP) is 14.9. The van der Waals surface area contributed by atoms with Gasteiger partial charge >= 0.3 is 0 Å². The zero-order chi connectivity index (χ0) is 37.1. The Hall–Kier alpha value is -0.610. The molecule has 2 unspecified atom stereocenters. The monoisotopic (exact) mass is 722 g/mol. The zero-order valence-corrected chi connectivity index (χ0v) is 35.2. The molecule has 0 fully saturated rings. The van der Waals surface area contributed by atoms with E-state index in [1.165, 1.54) is 225 Å². The van der Waals surface area contributed by atoms with Gasteiger partial charge in [-0.25, -0.2) is 0 Å². The number of nitrogens with one attached hydrogen (secondary N) is 1. The van der Waals surface area contributed by atoms with Crippen LogP contribution in [-0.4, -0.2) is 34.9 Å². The molecule has 0 aromatic rings. The average Bonchev–Trinajstić information content (AvgIpc) is 3.13. The van der Waals surface area contributed by atoms with E-state index in [1.807, 2.05) is 0 Å². The smallest absolute Gasteiger partial charge is 0.220 e. The zero-order valence-electron chi connectivity index (χ0n) is 35.2. The maximum atomic E-state index is 12.4. The highest BCUT2D eigenvalue weighted by Gasteiger charge is 2.20. The highest BCUT2D eigenvalue weighted by Crippen LogP contribution is 2.17. The molecule has 51 heavy (non-hydrogen) atoms.